The lowest BCUT2D eigenvalue weighted by Gasteiger charge is -2.26. The molecule has 0 atom stereocenters. The number of halogens is 7. The number of benzene rings is 2. The Morgan fingerprint density at radius 2 is 1.64 bits per heavy atom. The van der Waals surface area contributed by atoms with E-state index in [0.29, 0.717) is 5.56 Å². The van der Waals surface area contributed by atoms with Crippen molar-refractivity contribution in [3.05, 3.63) is 70.7 Å². The molecule has 36 heavy (non-hydrogen) atoms. The number of carbonyl (C=O) groups excluding carboxylic acids is 2. The number of rotatable bonds is 5. The van der Waals surface area contributed by atoms with E-state index in [-0.39, 0.29) is 23.0 Å². The summed E-state index contributed by atoms with van der Waals surface area (Å²) >= 11 is 0. The minimum atomic E-state index is -5.14. The molecule has 0 aliphatic carbocycles. The molecule has 1 aliphatic heterocycles. The molecule has 1 aliphatic rings. The van der Waals surface area contributed by atoms with E-state index in [1.54, 1.807) is 0 Å². The average molecular weight is 515 g/mol. The number of fused-ring (bicyclic) bond motifs is 2. The Bertz CT molecular complexity index is 1320. The second-order valence-electron chi connectivity index (χ2n) is 8.16. The molecule has 0 unspecified atom stereocenters. The lowest BCUT2D eigenvalue weighted by molar-refractivity contribution is -0.171. The Hall–Kier alpha value is -3.90. The quantitative estimate of drug-likeness (QED) is 0.496. The van der Waals surface area contributed by atoms with Gasteiger partial charge in [-0.1, -0.05) is 18.2 Å². The van der Waals surface area contributed by atoms with Gasteiger partial charge in [0.25, 0.3) is 11.8 Å². The van der Waals surface area contributed by atoms with E-state index in [0.717, 1.165) is 17.0 Å². The molecule has 0 radical (unpaired) electrons. The van der Waals surface area contributed by atoms with Crippen LogP contribution in [0.1, 0.15) is 31.8 Å². The van der Waals surface area contributed by atoms with Crippen molar-refractivity contribution in [1.82, 2.24) is 14.8 Å². The van der Waals surface area contributed by atoms with Crippen LogP contribution in [0, 0.1) is 5.82 Å². The first kappa shape index (κ1) is 25.2. The van der Waals surface area contributed by atoms with E-state index in [9.17, 15) is 45.4 Å². The van der Waals surface area contributed by atoms with Gasteiger partial charge in [-0.15, -0.1) is 0 Å². The van der Waals surface area contributed by atoms with Crippen LogP contribution in [-0.2, 0) is 13.1 Å². The molecule has 6 nitrogen and oxygen atoms in total. The first-order valence-corrected chi connectivity index (χ1v) is 10.3. The van der Waals surface area contributed by atoms with E-state index < -0.39 is 71.4 Å². The predicted octanol–water partition coefficient (Wildman–Crippen LogP) is 4.80. The summed E-state index contributed by atoms with van der Waals surface area (Å²) in [5.41, 5.74) is -1.11. The highest BCUT2D eigenvalue weighted by atomic mass is 19.4. The monoisotopic (exact) mass is 515 g/mol. The maximum absolute atomic E-state index is 13.2. The molecule has 1 aromatic heterocycles. The van der Waals surface area contributed by atoms with Crippen LogP contribution in [0.3, 0.4) is 0 Å². The van der Waals surface area contributed by atoms with Crippen LogP contribution in [0.4, 0.5) is 30.7 Å². The van der Waals surface area contributed by atoms with Gasteiger partial charge < -0.3 is 14.9 Å². The number of carbonyl (C=O) groups is 2. The van der Waals surface area contributed by atoms with E-state index >= 15 is 0 Å². The summed E-state index contributed by atoms with van der Waals surface area (Å²) in [5, 5.41) is 10.5. The fourth-order valence-corrected chi connectivity index (χ4v) is 4.13. The van der Waals surface area contributed by atoms with Crippen molar-refractivity contribution in [1.29, 1.82) is 0 Å². The molecule has 4 rings (SSSR count). The summed E-state index contributed by atoms with van der Waals surface area (Å²) in [6.45, 7) is -4.89. The van der Waals surface area contributed by atoms with Gasteiger partial charge in [0, 0.05) is 30.2 Å². The SMILES string of the molecule is O=C1c2c(c(C(=O)N(CC(F)(F)F)CC(F)(F)F)c3cccnc3c2O)CN1Cc1ccc(F)cc1. The molecule has 190 valence electrons. The Morgan fingerprint density at radius 1 is 1.03 bits per heavy atom. The van der Waals surface area contributed by atoms with Crippen molar-refractivity contribution in [2.45, 2.75) is 25.4 Å². The smallest absolute Gasteiger partial charge is 0.406 e. The number of nitrogens with zero attached hydrogens (tertiary/aromatic N) is 3. The summed E-state index contributed by atoms with van der Waals surface area (Å²) in [7, 11) is 0. The largest absolute Gasteiger partial charge is 0.505 e. The van der Waals surface area contributed by atoms with Crippen LogP contribution in [0.5, 0.6) is 5.75 Å². The van der Waals surface area contributed by atoms with Gasteiger partial charge in [0.2, 0.25) is 0 Å². The summed E-state index contributed by atoms with van der Waals surface area (Å²) in [6, 6.07) is 7.53. The fraction of sp³-hybridized carbons (Fsp3) is 0.261. The Labute approximate surface area is 198 Å². The van der Waals surface area contributed by atoms with Crippen molar-refractivity contribution in [3.63, 3.8) is 0 Å². The average Bonchev–Trinajstić information content (AvgIpc) is 3.09. The molecular weight excluding hydrogens is 499 g/mol. The summed E-state index contributed by atoms with van der Waals surface area (Å²) in [6.07, 6.45) is -9.10. The lowest BCUT2D eigenvalue weighted by atomic mass is 9.95. The number of hydrogen-bond donors (Lipinski definition) is 1. The summed E-state index contributed by atoms with van der Waals surface area (Å²) in [5.74, 6) is -3.61. The topological polar surface area (TPSA) is 73.7 Å². The number of aromatic hydroxyl groups is 1. The van der Waals surface area contributed by atoms with E-state index in [2.05, 4.69) is 4.98 Å². The van der Waals surface area contributed by atoms with Crippen LogP contribution >= 0.6 is 0 Å². The van der Waals surface area contributed by atoms with Crippen LogP contribution in [0.25, 0.3) is 10.9 Å². The van der Waals surface area contributed by atoms with Crippen LogP contribution in [0.2, 0.25) is 0 Å². The summed E-state index contributed by atoms with van der Waals surface area (Å²) in [4.78, 5) is 31.0. The minimum Gasteiger partial charge on any atom is -0.505 e. The van der Waals surface area contributed by atoms with Crippen molar-refractivity contribution in [2.24, 2.45) is 0 Å². The number of phenolic OH excluding ortho intramolecular Hbond substituents is 1. The Kier molecular flexibility index (Phi) is 6.27. The van der Waals surface area contributed by atoms with Crippen LogP contribution < -0.4 is 0 Å². The van der Waals surface area contributed by atoms with Crippen LogP contribution in [0.15, 0.2) is 42.6 Å². The zero-order valence-electron chi connectivity index (χ0n) is 18.1. The molecule has 1 N–H and O–H groups in total. The normalized spacial score (nSPS) is 13.9. The molecule has 0 spiro atoms. The van der Waals surface area contributed by atoms with E-state index in [1.807, 2.05) is 0 Å². The number of hydrogen-bond acceptors (Lipinski definition) is 4. The standard InChI is InChI=1S/C23H16F7N3O3/c24-13-5-3-12(4-6-13)8-32-9-15-16(20(35)33(10-22(25,26)27)11-23(28,29)30)14-2-1-7-31-18(14)19(34)17(15)21(32)36/h1-7,34H,8-11H2. The van der Waals surface area contributed by atoms with Gasteiger partial charge >= 0.3 is 12.4 Å². The number of aromatic nitrogens is 1. The van der Waals surface area contributed by atoms with Gasteiger partial charge in [-0.25, -0.2) is 4.39 Å². The number of alkyl halides is 6. The maximum atomic E-state index is 13.2. The molecule has 2 aromatic carbocycles. The first-order valence-electron chi connectivity index (χ1n) is 10.3. The Morgan fingerprint density at radius 3 is 2.22 bits per heavy atom. The zero-order chi connectivity index (χ0) is 26.4. The van der Waals surface area contributed by atoms with Gasteiger partial charge in [0.05, 0.1) is 11.1 Å². The third-order valence-corrected chi connectivity index (χ3v) is 5.52. The molecule has 0 saturated heterocycles. The summed E-state index contributed by atoms with van der Waals surface area (Å²) < 4.78 is 91.8. The first-order chi connectivity index (χ1) is 16.7. The number of amides is 2. The molecule has 13 heteroatoms. The molecule has 0 saturated carbocycles. The second kappa shape index (κ2) is 8.95. The van der Waals surface area contributed by atoms with Crippen molar-refractivity contribution >= 4 is 22.7 Å². The van der Waals surface area contributed by atoms with Crippen molar-refractivity contribution in [2.75, 3.05) is 13.1 Å². The van der Waals surface area contributed by atoms with Gasteiger partial charge in [-0.3, -0.25) is 14.6 Å². The molecule has 0 fully saturated rings. The highest BCUT2D eigenvalue weighted by molar-refractivity contribution is 6.15. The molecule has 2 amide bonds. The van der Waals surface area contributed by atoms with E-state index in [1.165, 1.54) is 30.5 Å². The number of phenols is 1. The van der Waals surface area contributed by atoms with E-state index in [4.69, 9.17) is 0 Å². The van der Waals surface area contributed by atoms with Crippen LogP contribution in [-0.4, -0.2) is 57.1 Å². The number of pyridine rings is 1. The highest BCUT2D eigenvalue weighted by Crippen LogP contribution is 2.41. The molecule has 0 bridgehead atoms. The van der Waals surface area contributed by atoms with Crippen molar-refractivity contribution in [3.8, 4) is 5.75 Å². The lowest BCUT2D eigenvalue weighted by Crippen LogP contribution is -2.44. The third-order valence-electron chi connectivity index (χ3n) is 5.52. The van der Waals surface area contributed by atoms with Gasteiger partial charge in [0.1, 0.15) is 24.4 Å². The maximum Gasteiger partial charge on any atom is 0.406 e. The second-order valence-corrected chi connectivity index (χ2v) is 8.16. The van der Waals surface area contributed by atoms with Gasteiger partial charge in [-0.2, -0.15) is 26.3 Å². The minimum absolute atomic E-state index is 0.126. The van der Waals surface area contributed by atoms with Crippen molar-refractivity contribution < 1.29 is 45.4 Å². The Balaban J connectivity index is 1.84. The molecule has 2 heterocycles. The molecule has 3 aromatic rings. The fourth-order valence-electron chi connectivity index (χ4n) is 4.13. The van der Waals surface area contributed by atoms with Gasteiger partial charge in [-0.05, 0) is 23.8 Å². The molecular formula is C23H16F7N3O3. The zero-order valence-corrected chi connectivity index (χ0v) is 18.1. The third kappa shape index (κ3) is 5.04. The predicted molar refractivity (Wildman–Crippen MR) is 111 cm³/mol. The van der Waals surface area contributed by atoms with Gasteiger partial charge in [0.15, 0.2) is 5.75 Å². The highest BCUT2D eigenvalue weighted by Gasteiger charge is 2.43.